The van der Waals surface area contributed by atoms with E-state index in [1.165, 1.54) is 5.56 Å². The molecule has 0 radical (unpaired) electrons. The number of nitrogens with zero attached hydrogens (tertiary/aromatic N) is 1. The fourth-order valence-corrected chi connectivity index (χ4v) is 3.57. The second kappa shape index (κ2) is 7.85. The van der Waals surface area contributed by atoms with E-state index < -0.39 is 0 Å². The summed E-state index contributed by atoms with van der Waals surface area (Å²) in [6, 6.07) is 17.7. The van der Waals surface area contributed by atoms with Crippen molar-refractivity contribution in [3.8, 4) is 0 Å². The van der Waals surface area contributed by atoms with Crippen LogP contribution in [0, 0.1) is 0 Å². The molecule has 2 aromatic carbocycles. The van der Waals surface area contributed by atoms with Gasteiger partial charge in [0, 0.05) is 31.8 Å². The number of hydrogen-bond donors (Lipinski definition) is 0. The molecule has 4 heteroatoms. The van der Waals surface area contributed by atoms with Gasteiger partial charge in [0.2, 0.25) is 0 Å². The molecule has 1 aliphatic rings. The van der Waals surface area contributed by atoms with E-state index in [1.54, 1.807) is 6.26 Å². The lowest BCUT2D eigenvalue weighted by Crippen LogP contribution is -2.33. The van der Waals surface area contributed by atoms with Gasteiger partial charge in [-0.05, 0) is 30.5 Å². The molecule has 1 atom stereocenters. The molecule has 0 amide bonds. The summed E-state index contributed by atoms with van der Waals surface area (Å²) in [6.07, 6.45) is 4.05. The van der Waals surface area contributed by atoms with Crippen molar-refractivity contribution in [2.45, 2.75) is 32.0 Å². The fourth-order valence-electron chi connectivity index (χ4n) is 3.57. The molecule has 0 N–H and O–H groups in total. The third-order valence-electron chi connectivity index (χ3n) is 4.88. The van der Waals surface area contributed by atoms with Gasteiger partial charge in [-0.3, -0.25) is 9.69 Å². The molecule has 0 saturated carbocycles. The van der Waals surface area contributed by atoms with Gasteiger partial charge in [0.05, 0.1) is 17.8 Å². The molecule has 0 aliphatic carbocycles. The summed E-state index contributed by atoms with van der Waals surface area (Å²) in [4.78, 5) is 15.1. The van der Waals surface area contributed by atoms with Gasteiger partial charge in [0.25, 0.3) is 0 Å². The van der Waals surface area contributed by atoms with E-state index >= 15 is 0 Å². The minimum absolute atomic E-state index is 0.0530. The van der Waals surface area contributed by atoms with E-state index in [2.05, 4.69) is 17.0 Å². The zero-order valence-electron chi connectivity index (χ0n) is 14.8. The first-order chi connectivity index (χ1) is 12.8. The predicted octanol–water partition coefficient (Wildman–Crippen LogP) is 3.97. The molecule has 134 valence electrons. The number of ether oxygens (including phenoxy) is 1. The summed E-state index contributed by atoms with van der Waals surface area (Å²) in [5.74, 6) is 0. The van der Waals surface area contributed by atoms with E-state index in [4.69, 9.17) is 9.15 Å². The highest BCUT2D eigenvalue weighted by atomic mass is 16.5. The Hall–Kier alpha value is -2.43. The van der Waals surface area contributed by atoms with Gasteiger partial charge < -0.3 is 9.15 Å². The molecule has 4 rings (SSSR count). The normalized spacial score (nSPS) is 17.2. The summed E-state index contributed by atoms with van der Waals surface area (Å²) in [6.45, 7) is 3.00. The fraction of sp³-hybridized carbons (Fsp3) is 0.318. The Bertz CT molecular complexity index is 913. The molecule has 2 heterocycles. The zero-order chi connectivity index (χ0) is 17.8. The van der Waals surface area contributed by atoms with Gasteiger partial charge in [0.1, 0.15) is 5.58 Å². The Morgan fingerprint density at radius 3 is 2.62 bits per heavy atom. The van der Waals surface area contributed by atoms with Gasteiger partial charge in [0.15, 0.2) is 5.43 Å². The van der Waals surface area contributed by atoms with Crippen LogP contribution in [0.25, 0.3) is 11.0 Å². The minimum atomic E-state index is 0.0530. The predicted molar refractivity (Wildman–Crippen MR) is 102 cm³/mol. The average Bonchev–Trinajstić information content (AvgIpc) is 3.18. The molecule has 1 fully saturated rings. The SMILES string of the molecule is O=c1c(CN(Cc2ccccc2)C[C@@H]2CCCO2)coc2ccccc12. The van der Waals surface area contributed by atoms with E-state index in [1.807, 2.05) is 42.5 Å². The van der Waals surface area contributed by atoms with Crippen LogP contribution in [0.4, 0.5) is 0 Å². The van der Waals surface area contributed by atoms with Crippen LogP contribution in [-0.2, 0) is 17.8 Å². The number of para-hydroxylation sites is 1. The van der Waals surface area contributed by atoms with Gasteiger partial charge in [-0.1, -0.05) is 42.5 Å². The van der Waals surface area contributed by atoms with Crippen molar-refractivity contribution in [1.29, 1.82) is 0 Å². The van der Waals surface area contributed by atoms with Crippen LogP contribution in [0.3, 0.4) is 0 Å². The van der Waals surface area contributed by atoms with E-state index in [0.29, 0.717) is 23.1 Å². The lowest BCUT2D eigenvalue weighted by molar-refractivity contribution is 0.0676. The molecule has 0 unspecified atom stereocenters. The Balaban J connectivity index is 1.59. The molecule has 0 bridgehead atoms. The van der Waals surface area contributed by atoms with Crippen molar-refractivity contribution >= 4 is 11.0 Å². The smallest absolute Gasteiger partial charge is 0.197 e. The van der Waals surface area contributed by atoms with E-state index in [0.717, 1.165) is 32.5 Å². The summed E-state index contributed by atoms with van der Waals surface area (Å²) in [5, 5.41) is 0.641. The van der Waals surface area contributed by atoms with Crippen LogP contribution < -0.4 is 5.43 Å². The topological polar surface area (TPSA) is 42.7 Å². The van der Waals surface area contributed by atoms with E-state index in [9.17, 15) is 4.79 Å². The summed E-state index contributed by atoms with van der Waals surface area (Å²) >= 11 is 0. The molecular formula is C22H23NO3. The molecule has 1 aromatic heterocycles. The van der Waals surface area contributed by atoms with Crippen LogP contribution in [0.1, 0.15) is 24.0 Å². The lowest BCUT2D eigenvalue weighted by Gasteiger charge is -2.25. The van der Waals surface area contributed by atoms with Gasteiger partial charge in [-0.2, -0.15) is 0 Å². The lowest BCUT2D eigenvalue weighted by atomic mass is 10.1. The van der Waals surface area contributed by atoms with Crippen LogP contribution in [0.2, 0.25) is 0 Å². The highest BCUT2D eigenvalue weighted by Gasteiger charge is 2.21. The first-order valence-electron chi connectivity index (χ1n) is 9.17. The van der Waals surface area contributed by atoms with Crippen molar-refractivity contribution < 1.29 is 9.15 Å². The third-order valence-corrected chi connectivity index (χ3v) is 4.88. The Morgan fingerprint density at radius 1 is 1.00 bits per heavy atom. The summed E-state index contributed by atoms with van der Waals surface area (Å²) in [7, 11) is 0. The maximum absolute atomic E-state index is 12.8. The van der Waals surface area contributed by atoms with Gasteiger partial charge in [-0.25, -0.2) is 0 Å². The van der Waals surface area contributed by atoms with Crippen molar-refractivity contribution in [2.75, 3.05) is 13.2 Å². The maximum Gasteiger partial charge on any atom is 0.197 e. The monoisotopic (exact) mass is 349 g/mol. The molecule has 3 aromatic rings. The van der Waals surface area contributed by atoms with Gasteiger partial charge in [-0.15, -0.1) is 0 Å². The number of fused-ring (bicyclic) bond motifs is 1. The molecular weight excluding hydrogens is 326 g/mol. The zero-order valence-corrected chi connectivity index (χ0v) is 14.8. The van der Waals surface area contributed by atoms with Crippen LogP contribution in [0.5, 0.6) is 0 Å². The molecule has 26 heavy (non-hydrogen) atoms. The average molecular weight is 349 g/mol. The second-order valence-corrected chi connectivity index (χ2v) is 6.88. The molecule has 1 saturated heterocycles. The highest BCUT2D eigenvalue weighted by Crippen LogP contribution is 2.18. The number of benzene rings is 2. The summed E-state index contributed by atoms with van der Waals surface area (Å²) < 4.78 is 11.5. The molecule has 0 spiro atoms. The molecule has 1 aliphatic heterocycles. The van der Waals surface area contributed by atoms with Crippen LogP contribution >= 0.6 is 0 Å². The second-order valence-electron chi connectivity index (χ2n) is 6.88. The van der Waals surface area contributed by atoms with Crippen molar-refractivity contribution in [3.63, 3.8) is 0 Å². The number of hydrogen-bond acceptors (Lipinski definition) is 4. The highest BCUT2D eigenvalue weighted by molar-refractivity contribution is 5.76. The first kappa shape index (κ1) is 17.0. The Kier molecular flexibility index (Phi) is 5.14. The van der Waals surface area contributed by atoms with E-state index in [-0.39, 0.29) is 11.5 Å². The minimum Gasteiger partial charge on any atom is -0.464 e. The Morgan fingerprint density at radius 2 is 1.81 bits per heavy atom. The maximum atomic E-state index is 12.8. The first-order valence-corrected chi connectivity index (χ1v) is 9.17. The van der Waals surface area contributed by atoms with Crippen molar-refractivity contribution in [2.24, 2.45) is 0 Å². The van der Waals surface area contributed by atoms with Crippen LogP contribution in [0.15, 0.2) is 70.1 Å². The van der Waals surface area contributed by atoms with Crippen molar-refractivity contribution in [3.05, 3.63) is 82.2 Å². The third kappa shape index (κ3) is 3.87. The van der Waals surface area contributed by atoms with Gasteiger partial charge >= 0.3 is 0 Å². The Labute approximate surface area is 153 Å². The van der Waals surface area contributed by atoms with Crippen LogP contribution in [-0.4, -0.2) is 24.2 Å². The quantitative estimate of drug-likeness (QED) is 0.675. The molecule has 4 nitrogen and oxygen atoms in total. The number of rotatable bonds is 6. The summed E-state index contributed by atoms with van der Waals surface area (Å²) in [5.41, 5.74) is 2.61. The van der Waals surface area contributed by atoms with Crippen molar-refractivity contribution in [1.82, 2.24) is 4.90 Å². The largest absolute Gasteiger partial charge is 0.464 e. The standard InChI is InChI=1S/C22H23NO3/c24-22-18(16-26-21-11-5-4-10-20(21)22)14-23(15-19-9-6-12-25-19)13-17-7-2-1-3-8-17/h1-5,7-8,10-11,16,19H,6,9,12-15H2/t19-/m0/s1.